The second kappa shape index (κ2) is 12.2. The summed E-state index contributed by atoms with van der Waals surface area (Å²) in [6.07, 6.45) is 0.443. The van der Waals surface area contributed by atoms with Crippen molar-refractivity contribution in [2.45, 2.75) is 6.42 Å². The van der Waals surface area contributed by atoms with Crippen LogP contribution in [0.3, 0.4) is 0 Å². The summed E-state index contributed by atoms with van der Waals surface area (Å²) in [5.74, 6) is -3.01. The maximum Gasteiger partial charge on any atom is 0.311 e. The molecule has 4 aromatic rings. The van der Waals surface area contributed by atoms with Gasteiger partial charge in [0.1, 0.15) is 11.6 Å². The molecule has 1 amide bonds. The molecule has 0 radical (unpaired) electrons. The molecule has 2 aromatic heterocycles. The number of nitrogens with one attached hydrogen (secondary N) is 1. The third kappa shape index (κ3) is 6.26. The molecule has 8 nitrogen and oxygen atoms in total. The maximum absolute atomic E-state index is 13.8. The lowest BCUT2D eigenvalue weighted by molar-refractivity contribution is -0.114. The molecule has 0 saturated heterocycles. The molecule has 1 N–H and O–H groups in total. The Hall–Kier alpha value is -4.38. The number of benzene rings is 2. The van der Waals surface area contributed by atoms with E-state index in [1.165, 1.54) is 23.9 Å². The van der Waals surface area contributed by atoms with Gasteiger partial charge in [0.2, 0.25) is 0 Å². The first-order valence-electron chi connectivity index (χ1n) is 13.8. The Balaban J connectivity index is 1.76. The van der Waals surface area contributed by atoms with E-state index in [4.69, 9.17) is 8.85 Å². The number of anilines is 2. The van der Waals surface area contributed by atoms with Gasteiger partial charge in [-0.1, -0.05) is 18.2 Å². The van der Waals surface area contributed by atoms with E-state index in [9.17, 15) is 18.0 Å². The zero-order valence-corrected chi connectivity index (χ0v) is 22.5. The highest BCUT2D eigenvalue weighted by Gasteiger charge is 2.21. The first-order chi connectivity index (χ1) is 20.3. The predicted octanol–water partition coefficient (Wildman–Crippen LogP) is 5.25. The van der Waals surface area contributed by atoms with Crippen molar-refractivity contribution in [3.63, 3.8) is 0 Å². The van der Waals surface area contributed by atoms with Crippen molar-refractivity contribution in [3.05, 3.63) is 78.2 Å². The van der Waals surface area contributed by atoms with Crippen molar-refractivity contribution < 1.29 is 26.8 Å². The third-order valence-electron chi connectivity index (χ3n) is 6.35. The number of rotatable bonds is 10. The standard InChI is InChI=1S/C29H31F3N6O2/c1-36(2)12-13-37(3)24-16-25(40-5)18(14-22(24)35-29(39)27(30)28(31)32)15-26-33-11-10-21(34-26)20-17-38(4)23-9-7-6-8-19(20)23/h6-11,14,16-17H,12-13,15H2,1-5H3,(H,35,39)/i4D3. The van der Waals surface area contributed by atoms with Gasteiger partial charge in [0.05, 0.1) is 24.2 Å². The van der Waals surface area contributed by atoms with Crippen LogP contribution in [0.25, 0.3) is 22.2 Å². The fourth-order valence-corrected chi connectivity index (χ4v) is 4.28. The number of amides is 1. The van der Waals surface area contributed by atoms with Crippen LogP contribution in [0.5, 0.6) is 5.75 Å². The molecule has 40 heavy (non-hydrogen) atoms. The van der Waals surface area contributed by atoms with Crippen molar-refractivity contribution in [3.8, 4) is 17.0 Å². The highest BCUT2D eigenvalue weighted by atomic mass is 19.3. The van der Waals surface area contributed by atoms with E-state index in [-0.39, 0.29) is 12.1 Å². The van der Waals surface area contributed by atoms with Crippen LogP contribution in [0, 0.1) is 0 Å². The van der Waals surface area contributed by atoms with E-state index < -0.39 is 24.8 Å². The predicted molar refractivity (Wildman–Crippen MR) is 151 cm³/mol. The third-order valence-corrected chi connectivity index (χ3v) is 6.35. The number of fused-ring (bicyclic) bond motifs is 1. The van der Waals surface area contributed by atoms with Crippen molar-refractivity contribution in [1.82, 2.24) is 19.4 Å². The number of halogens is 3. The number of hydrogen-bond donors (Lipinski definition) is 1. The minimum Gasteiger partial charge on any atom is -0.496 e. The van der Waals surface area contributed by atoms with Crippen LogP contribution in [0.4, 0.5) is 24.5 Å². The summed E-state index contributed by atoms with van der Waals surface area (Å²) in [4.78, 5) is 25.0. The molecule has 0 spiro atoms. The first kappa shape index (κ1) is 24.6. The van der Waals surface area contributed by atoms with Gasteiger partial charge in [-0.15, -0.1) is 0 Å². The summed E-state index contributed by atoms with van der Waals surface area (Å²) < 4.78 is 70.1. The molecule has 0 unspecified atom stereocenters. The molecule has 4 rings (SSSR count). The Morgan fingerprint density at radius 1 is 1.12 bits per heavy atom. The Morgan fingerprint density at radius 3 is 2.60 bits per heavy atom. The summed E-state index contributed by atoms with van der Waals surface area (Å²) in [6.45, 7) is -1.26. The molecule has 0 aliphatic rings. The van der Waals surface area contributed by atoms with E-state index in [0.717, 1.165) is 0 Å². The summed E-state index contributed by atoms with van der Waals surface area (Å²) >= 11 is 0. The molecular formula is C29H31F3N6O2. The molecule has 0 aliphatic heterocycles. The number of ether oxygens (including phenoxy) is 1. The summed E-state index contributed by atoms with van der Waals surface area (Å²) in [6, 6.07) is 11.9. The topological polar surface area (TPSA) is 75.5 Å². The maximum atomic E-state index is 13.8. The molecule has 210 valence electrons. The second-order valence-corrected chi connectivity index (χ2v) is 9.40. The molecule has 0 fully saturated rings. The van der Waals surface area contributed by atoms with Crippen molar-refractivity contribution in [2.24, 2.45) is 6.98 Å². The zero-order chi connectivity index (χ0) is 31.5. The number of aryl methyl sites for hydroxylation is 1. The van der Waals surface area contributed by atoms with Gasteiger partial charge in [-0.2, -0.15) is 13.2 Å². The van der Waals surface area contributed by atoms with Gasteiger partial charge in [-0.3, -0.25) is 4.79 Å². The molecule has 11 heteroatoms. The van der Waals surface area contributed by atoms with E-state index in [1.807, 2.05) is 31.1 Å². The normalized spacial score (nSPS) is 12.6. The quantitative estimate of drug-likeness (QED) is 0.270. The molecule has 2 aromatic carbocycles. The van der Waals surface area contributed by atoms with Crippen LogP contribution < -0.4 is 15.0 Å². The van der Waals surface area contributed by atoms with E-state index in [2.05, 4.69) is 15.3 Å². The minimum atomic E-state index is -2.72. The average Bonchev–Trinajstić information content (AvgIpc) is 3.36. The Bertz CT molecular complexity index is 1670. The van der Waals surface area contributed by atoms with Crippen molar-refractivity contribution >= 4 is 28.2 Å². The zero-order valence-electron chi connectivity index (χ0n) is 25.5. The SMILES string of the molecule is [2H]C([2H])([2H])n1cc(-c2ccnc(Cc3cc(NC(=O)C(F)=C(F)F)c(N(C)CCN(C)C)cc3OC)n2)c2ccccc21. The Labute approximate surface area is 234 Å². The lowest BCUT2D eigenvalue weighted by Gasteiger charge is -2.26. The Morgan fingerprint density at radius 2 is 1.90 bits per heavy atom. The van der Waals surface area contributed by atoms with Gasteiger partial charge < -0.3 is 24.4 Å². The van der Waals surface area contributed by atoms with E-state index in [1.54, 1.807) is 42.4 Å². The van der Waals surface area contributed by atoms with Gasteiger partial charge in [-0.05, 0) is 32.3 Å². The molecule has 0 aliphatic carbocycles. The smallest absolute Gasteiger partial charge is 0.311 e. The summed E-state index contributed by atoms with van der Waals surface area (Å²) in [5.41, 5.74) is 2.63. The van der Waals surface area contributed by atoms with Gasteiger partial charge in [0.25, 0.3) is 11.7 Å². The lowest BCUT2D eigenvalue weighted by atomic mass is 10.1. The lowest BCUT2D eigenvalue weighted by Crippen LogP contribution is -2.29. The number of likely N-dealkylation sites (N-methyl/N-ethyl adjacent to an activating group) is 2. The molecular weight excluding hydrogens is 521 g/mol. The first-order valence-corrected chi connectivity index (χ1v) is 12.3. The summed E-state index contributed by atoms with van der Waals surface area (Å²) in [7, 11) is 6.99. The number of hydrogen-bond acceptors (Lipinski definition) is 6. The van der Waals surface area contributed by atoms with Crippen LogP contribution in [0.2, 0.25) is 0 Å². The van der Waals surface area contributed by atoms with Crippen LogP contribution in [0.1, 0.15) is 15.5 Å². The highest BCUT2D eigenvalue weighted by molar-refractivity contribution is 6.04. The minimum absolute atomic E-state index is 0.0925. The van der Waals surface area contributed by atoms with Crippen LogP contribution in [0.15, 0.2) is 66.8 Å². The molecule has 0 saturated carbocycles. The van der Waals surface area contributed by atoms with Gasteiger partial charge >= 0.3 is 6.08 Å². The number of para-hydroxylation sites is 1. The number of nitrogens with zero attached hydrogens (tertiary/aromatic N) is 5. The van der Waals surface area contributed by atoms with Crippen LogP contribution >= 0.6 is 0 Å². The number of methoxy groups -OCH3 is 1. The van der Waals surface area contributed by atoms with Gasteiger partial charge in [0.15, 0.2) is 0 Å². The monoisotopic (exact) mass is 555 g/mol. The van der Waals surface area contributed by atoms with Crippen LogP contribution in [-0.2, 0) is 18.2 Å². The van der Waals surface area contributed by atoms with E-state index >= 15 is 0 Å². The molecule has 0 bridgehead atoms. The van der Waals surface area contributed by atoms with Crippen molar-refractivity contribution in [1.29, 1.82) is 0 Å². The molecule has 0 atom stereocenters. The van der Waals surface area contributed by atoms with E-state index in [0.29, 0.717) is 58.1 Å². The largest absolute Gasteiger partial charge is 0.496 e. The average molecular weight is 556 g/mol. The van der Waals surface area contributed by atoms with Gasteiger partial charge in [-0.25, -0.2) is 9.97 Å². The molecule has 2 heterocycles. The van der Waals surface area contributed by atoms with Crippen LogP contribution in [-0.4, -0.2) is 66.7 Å². The highest BCUT2D eigenvalue weighted by Crippen LogP contribution is 2.35. The van der Waals surface area contributed by atoms with Crippen molar-refractivity contribution in [2.75, 3.05) is 51.6 Å². The number of aromatic nitrogens is 3. The fourth-order valence-electron chi connectivity index (χ4n) is 4.28. The van der Waals surface area contributed by atoms with Gasteiger partial charge in [0, 0.05) is 78.1 Å². The second-order valence-electron chi connectivity index (χ2n) is 9.40. The summed E-state index contributed by atoms with van der Waals surface area (Å²) in [5, 5.41) is 2.95. The fraction of sp³-hybridized carbons (Fsp3) is 0.276. The number of carbonyl (C=O) groups excluding carboxylic acids is 1. The number of carbonyl (C=O) groups is 1. The Kier molecular flexibility index (Phi) is 7.52.